The Morgan fingerprint density at radius 2 is 1.83 bits per heavy atom. The highest BCUT2D eigenvalue weighted by molar-refractivity contribution is 6.07. The maximum Gasteiger partial charge on any atom is 0.431 e. The first-order valence-electron chi connectivity index (χ1n) is 13.8. The molecule has 3 aromatic carbocycles. The van der Waals surface area contributed by atoms with Crippen molar-refractivity contribution in [2.75, 3.05) is 48.1 Å². The van der Waals surface area contributed by atoms with Crippen molar-refractivity contribution in [2.45, 2.75) is 32.7 Å². The van der Waals surface area contributed by atoms with Gasteiger partial charge in [-0.25, -0.2) is 9.18 Å². The van der Waals surface area contributed by atoms with Crippen LogP contribution >= 0.6 is 0 Å². The fraction of sp³-hybridized carbons (Fsp3) is 0.323. The van der Waals surface area contributed by atoms with Crippen LogP contribution in [0.1, 0.15) is 39.9 Å². The number of hydroxylamine groups is 1. The van der Waals surface area contributed by atoms with Crippen molar-refractivity contribution in [3.63, 3.8) is 0 Å². The van der Waals surface area contributed by atoms with E-state index < -0.39 is 11.9 Å². The van der Waals surface area contributed by atoms with Crippen LogP contribution < -0.4 is 25.5 Å². The number of para-hydroxylation sites is 2. The van der Waals surface area contributed by atoms with Gasteiger partial charge in [0.15, 0.2) is 5.82 Å². The lowest BCUT2D eigenvalue weighted by atomic mass is 10.0. The topological polar surface area (TPSA) is 94.2 Å². The number of nitrogens with zero attached hydrogens (tertiary/aromatic N) is 3. The number of carbonyl (C=O) groups excluding carboxylic acids is 3. The molecule has 0 saturated heterocycles. The second kappa shape index (κ2) is 12.4. The summed E-state index contributed by atoms with van der Waals surface area (Å²) in [5.74, 6) is -0.963. The van der Waals surface area contributed by atoms with Crippen LogP contribution in [-0.2, 0) is 22.6 Å². The highest BCUT2D eigenvalue weighted by atomic mass is 19.1. The molecule has 10 heteroatoms. The highest BCUT2D eigenvalue weighted by Crippen LogP contribution is 2.36. The fourth-order valence-corrected chi connectivity index (χ4v) is 5.32. The zero-order valence-electron chi connectivity index (χ0n) is 23.3. The van der Waals surface area contributed by atoms with E-state index in [4.69, 9.17) is 4.84 Å². The predicted octanol–water partition coefficient (Wildman–Crippen LogP) is 4.33. The Morgan fingerprint density at radius 3 is 2.63 bits per heavy atom. The van der Waals surface area contributed by atoms with E-state index in [-0.39, 0.29) is 30.6 Å². The number of rotatable bonds is 7. The second-order valence-electron chi connectivity index (χ2n) is 10.2. The number of anilines is 3. The van der Waals surface area contributed by atoms with Crippen molar-refractivity contribution < 1.29 is 23.6 Å². The van der Waals surface area contributed by atoms with Gasteiger partial charge < -0.3 is 25.3 Å². The molecule has 2 aliphatic heterocycles. The van der Waals surface area contributed by atoms with Gasteiger partial charge in [-0.15, -0.1) is 0 Å². The number of amides is 3. The van der Waals surface area contributed by atoms with E-state index in [1.807, 2.05) is 42.2 Å². The van der Waals surface area contributed by atoms with Gasteiger partial charge in [-0.2, -0.15) is 5.06 Å². The average molecular weight is 560 g/mol. The third-order valence-electron chi connectivity index (χ3n) is 7.48. The molecule has 0 atom stereocenters. The molecule has 0 spiro atoms. The Labute approximate surface area is 238 Å². The van der Waals surface area contributed by atoms with Crippen LogP contribution in [0, 0.1) is 12.7 Å². The lowest BCUT2D eigenvalue weighted by Gasteiger charge is -2.35. The van der Waals surface area contributed by atoms with Crippen molar-refractivity contribution in [3.8, 4) is 0 Å². The number of aryl methyl sites for hydroxylation is 2. The summed E-state index contributed by atoms with van der Waals surface area (Å²) in [4.78, 5) is 47.7. The Kier molecular flexibility index (Phi) is 8.49. The van der Waals surface area contributed by atoms with Crippen LogP contribution in [0.4, 0.5) is 26.2 Å². The molecule has 0 aromatic heterocycles. The van der Waals surface area contributed by atoms with E-state index >= 15 is 0 Å². The first kappa shape index (κ1) is 28.1. The highest BCUT2D eigenvalue weighted by Gasteiger charge is 2.33. The monoisotopic (exact) mass is 559 g/mol. The third-order valence-corrected chi connectivity index (χ3v) is 7.48. The fourth-order valence-electron chi connectivity index (χ4n) is 5.32. The molecular weight excluding hydrogens is 525 g/mol. The summed E-state index contributed by atoms with van der Waals surface area (Å²) < 4.78 is 14.8. The van der Waals surface area contributed by atoms with E-state index in [1.165, 1.54) is 22.6 Å². The Balaban J connectivity index is 1.25. The largest absolute Gasteiger partial charge is 0.431 e. The van der Waals surface area contributed by atoms with Gasteiger partial charge in [0.2, 0.25) is 5.91 Å². The van der Waals surface area contributed by atoms with E-state index in [2.05, 4.69) is 16.7 Å². The molecule has 0 aliphatic carbocycles. The molecule has 9 nitrogen and oxygen atoms in total. The number of likely N-dealkylation sites (N-methyl/N-ethyl adjacent to an activating group) is 1. The zero-order chi connectivity index (χ0) is 28.9. The van der Waals surface area contributed by atoms with Crippen molar-refractivity contribution >= 4 is 35.0 Å². The number of halogens is 1. The van der Waals surface area contributed by atoms with Gasteiger partial charge in [-0.1, -0.05) is 30.3 Å². The van der Waals surface area contributed by atoms with Crippen molar-refractivity contribution in [1.29, 1.82) is 0 Å². The summed E-state index contributed by atoms with van der Waals surface area (Å²) in [6.45, 7) is 3.25. The van der Waals surface area contributed by atoms with Crippen LogP contribution in [0.15, 0.2) is 60.7 Å². The molecule has 0 bridgehead atoms. The molecule has 2 aliphatic rings. The molecule has 2 heterocycles. The summed E-state index contributed by atoms with van der Waals surface area (Å²) in [5.41, 5.74) is 4.73. The number of benzene rings is 3. The molecule has 41 heavy (non-hydrogen) atoms. The number of nitrogens with one attached hydrogen (secondary N) is 2. The lowest BCUT2D eigenvalue weighted by Crippen LogP contribution is -2.49. The third kappa shape index (κ3) is 6.02. The molecule has 3 aromatic rings. The molecule has 2 N–H and O–H groups in total. The van der Waals surface area contributed by atoms with E-state index in [0.29, 0.717) is 30.9 Å². The SMILES string of the molecule is CNCCN1C(=O)CN(OC(=O)NCc2ccc(C(=O)N3CCCCc4ccccc43)cc2C)c2c(F)cccc21. The average Bonchev–Trinajstić information content (AvgIpc) is 3.18. The van der Waals surface area contributed by atoms with Gasteiger partial charge >= 0.3 is 6.09 Å². The van der Waals surface area contributed by atoms with Crippen molar-refractivity contribution in [2.24, 2.45) is 0 Å². The van der Waals surface area contributed by atoms with E-state index in [9.17, 15) is 18.8 Å². The zero-order valence-corrected chi connectivity index (χ0v) is 23.3. The number of hydrogen-bond acceptors (Lipinski definition) is 6. The molecular formula is C31H34FN5O4. The quantitative estimate of drug-likeness (QED) is 0.448. The molecule has 3 amide bonds. The Morgan fingerprint density at radius 1 is 1.02 bits per heavy atom. The van der Waals surface area contributed by atoms with Crippen LogP contribution in [0.5, 0.6) is 0 Å². The molecule has 0 radical (unpaired) electrons. The van der Waals surface area contributed by atoms with Gasteiger partial charge in [-0.05, 0) is 80.3 Å². The van der Waals surface area contributed by atoms with Crippen LogP contribution in [0.2, 0.25) is 0 Å². The van der Waals surface area contributed by atoms with Crippen molar-refractivity contribution in [3.05, 3.63) is 88.7 Å². The van der Waals surface area contributed by atoms with Gasteiger partial charge in [-0.3, -0.25) is 9.59 Å². The molecule has 214 valence electrons. The summed E-state index contributed by atoms with van der Waals surface area (Å²) >= 11 is 0. The van der Waals surface area contributed by atoms with Crippen LogP contribution in [0.3, 0.4) is 0 Å². The van der Waals surface area contributed by atoms with Gasteiger partial charge in [0.25, 0.3) is 5.91 Å². The summed E-state index contributed by atoms with van der Waals surface area (Å²) in [6, 6.07) is 17.8. The first-order valence-corrected chi connectivity index (χ1v) is 13.8. The smallest absolute Gasteiger partial charge is 0.321 e. The van der Waals surface area contributed by atoms with Gasteiger partial charge in [0, 0.05) is 37.4 Å². The minimum Gasteiger partial charge on any atom is -0.321 e. The molecule has 0 saturated carbocycles. The minimum atomic E-state index is -0.823. The standard InChI is InChI=1S/C31H34FN5O4/c1-21-18-23(30(39)36-16-6-5-9-22-8-3-4-11-26(22)36)13-14-24(21)19-34-31(40)41-37-20-28(38)35(17-15-33-2)27-12-7-10-25(32)29(27)37/h3-4,7-8,10-14,18,33H,5-6,9,15-17,19-20H2,1-2H3,(H,34,40). The summed E-state index contributed by atoms with van der Waals surface area (Å²) in [7, 11) is 1.77. The van der Waals surface area contributed by atoms with Crippen molar-refractivity contribution in [1.82, 2.24) is 10.6 Å². The maximum absolute atomic E-state index is 14.8. The van der Waals surface area contributed by atoms with Gasteiger partial charge in [0.1, 0.15) is 12.2 Å². The first-order chi connectivity index (χ1) is 19.9. The molecule has 0 fully saturated rings. The lowest BCUT2D eigenvalue weighted by molar-refractivity contribution is -0.118. The summed E-state index contributed by atoms with van der Waals surface area (Å²) in [5, 5.41) is 6.64. The van der Waals surface area contributed by atoms with E-state index in [1.54, 1.807) is 19.2 Å². The van der Waals surface area contributed by atoms with Crippen LogP contribution in [0.25, 0.3) is 0 Å². The second-order valence-corrected chi connectivity index (χ2v) is 10.2. The van der Waals surface area contributed by atoms with Crippen LogP contribution in [-0.4, -0.2) is 51.1 Å². The number of carbonyl (C=O) groups is 3. The Bertz CT molecular complexity index is 1460. The maximum atomic E-state index is 14.8. The predicted molar refractivity (Wildman–Crippen MR) is 156 cm³/mol. The minimum absolute atomic E-state index is 0.0347. The molecule has 0 unspecified atom stereocenters. The number of hydrogen-bond donors (Lipinski definition) is 2. The van der Waals surface area contributed by atoms with Gasteiger partial charge in [0.05, 0.1) is 5.69 Å². The normalized spacial score (nSPS) is 14.7. The summed E-state index contributed by atoms with van der Waals surface area (Å²) in [6.07, 6.45) is 2.11. The number of fused-ring (bicyclic) bond motifs is 2. The molecule has 5 rings (SSSR count). The van der Waals surface area contributed by atoms with E-state index in [0.717, 1.165) is 41.1 Å². The Hall–Kier alpha value is -4.44.